The van der Waals surface area contributed by atoms with Crippen molar-refractivity contribution in [3.63, 3.8) is 0 Å². The lowest BCUT2D eigenvalue weighted by Crippen LogP contribution is -2.53. The van der Waals surface area contributed by atoms with Crippen LogP contribution in [-0.4, -0.2) is 23.8 Å². The van der Waals surface area contributed by atoms with E-state index in [1.165, 1.54) is 44.9 Å². The van der Waals surface area contributed by atoms with Crippen molar-refractivity contribution < 1.29 is 5.11 Å². The molecule has 1 heterocycles. The van der Waals surface area contributed by atoms with Crippen LogP contribution in [0.25, 0.3) is 0 Å². The van der Waals surface area contributed by atoms with Gasteiger partial charge in [0.25, 0.3) is 0 Å². The first-order valence-electron chi connectivity index (χ1n) is 7.22. The van der Waals surface area contributed by atoms with Gasteiger partial charge in [0.05, 0.1) is 6.10 Å². The van der Waals surface area contributed by atoms with Crippen LogP contribution >= 0.6 is 0 Å². The standard InChI is InChI=1S/C14H27NO/c1-2-3-4-6-11-9-12-7-5-8-13(16)14(12)15-10-11/h11-16H,2-10H2,1H3. The van der Waals surface area contributed by atoms with Gasteiger partial charge in [0.2, 0.25) is 0 Å². The lowest BCUT2D eigenvalue weighted by atomic mass is 9.74. The van der Waals surface area contributed by atoms with Crippen LogP contribution in [0.4, 0.5) is 0 Å². The summed E-state index contributed by atoms with van der Waals surface area (Å²) in [7, 11) is 0. The summed E-state index contributed by atoms with van der Waals surface area (Å²) in [5, 5.41) is 13.5. The fourth-order valence-electron chi connectivity index (χ4n) is 3.55. The third kappa shape index (κ3) is 2.98. The van der Waals surface area contributed by atoms with E-state index in [-0.39, 0.29) is 6.10 Å². The number of nitrogens with one attached hydrogen (secondary N) is 1. The number of unbranched alkanes of at least 4 members (excludes halogenated alkanes) is 2. The third-order valence-electron chi connectivity index (χ3n) is 4.49. The van der Waals surface area contributed by atoms with Crippen LogP contribution in [0, 0.1) is 11.8 Å². The van der Waals surface area contributed by atoms with Crippen molar-refractivity contribution >= 4 is 0 Å². The minimum Gasteiger partial charge on any atom is -0.391 e. The zero-order chi connectivity index (χ0) is 11.4. The maximum atomic E-state index is 9.94. The molecule has 1 aliphatic carbocycles. The molecule has 2 heteroatoms. The summed E-state index contributed by atoms with van der Waals surface area (Å²) in [4.78, 5) is 0. The molecule has 16 heavy (non-hydrogen) atoms. The van der Waals surface area contributed by atoms with Crippen LogP contribution in [0.5, 0.6) is 0 Å². The van der Waals surface area contributed by atoms with Crippen molar-refractivity contribution in [2.45, 2.75) is 70.4 Å². The van der Waals surface area contributed by atoms with Gasteiger partial charge in [0, 0.05) is 6.04 Å². The second-order valence-corrected chi connectivity index (χ2v) is 5.79. The summed E-state index contributed by atoms with van der Waals surface area (Å²) in [6.45, 7) is 3.41. The molecule has 4 atom stereocenters. The van der Waals surface area contributed by atoms with Gasteiger partial charge in [-0.15, -0.1) is 0 Å². The Hall–Kier alpha value is -0.0800. The molecule has 2 nitrogen and oxygen atoms in total. The Labute approximate surface area is 99.8 Å². The van der Waals surface area contributed by atoms with Gasteiger partial charge in [-0.1, -0.05) is 32.6 Å². The molecule has 0 aromatic rings. The van der Waals surface area contributed by atoms with Gasteiger partial charge >= 0.3 is 0 Å². The highest BCUT2D eigenvalue weighted by Gasteiger charge is 2.36. The van der Waals surface area contributed by atoms with Crippen molar-refractivity contribution in [3.05, 3.63) is 0 Å². The van der Waals surface area contributed by atoms with E-state index in [2.05, 4.69) is 12.2 Å². The molecule has 4 unspecified atom stereocenters. The van der Waals surface area contributed by atoms with Crippen LogP contribution in [0.2, 0.25) is 0 Å². The van der Waals surface area contributed by atoms with Crippen LogP contribution < -0.4 is 5.32 Å². The first-order chi connectivity index (χ1) is 7.81. The van der Waals surface area contributed by atoms with E-state index in [9.17, 15) is 5.11 Å². The quantitative estimate of drug-likeness (QED) is 0.721. The van der Waals surface area contributed by atoms with Gasteiger partial charge in [-0.3, -0.25) is 0 Å². The molecule has 2 N–H and O–H groups in total. The highest BCUT2D eigenvalue weighted by Crippen LogP contribution is 2.34. The SMILES string of the molecule is CCCCCC1CNC2C(O)CCCC2C1. The Morgan fingerprint density at radius 1 is 1.25 bits per heavy atom. The molecule has 0 aromatic carbocycles. The molecule has 1 aliphatic heterocycles. The molecule has 0 spiro atoms. The second-order valence-electron chi connectivity index (χ2n) is 5.79. The summed E-state index contributed by atoms with van der Waals surface area (Å²) in [5.41, 5.74) is 0. The molecule has 2 fully saturated rings. The fourth-order valence-corrected chi connectivity index (χ4v) is 3.55. The van der Waals surface area contributed by atoms with Gasteiger partial charge in [0.1, 0.15) is 0 Å². The number of hydrogen-bond donors (Lipinski definition) is 2. The van der Waals surface area contributed by atoms with Gasteiger partial charge in [-0.25, -0.2) is 0 Å². The van der Waals surface area contributed by atoms with Gasteiger partial charge < -0.3 is 10.4 Å². The first-order valence-corrected chi connectivity index (χ1v) is 7.22. The van der Waals surface area contributed by atoms with E-state index in [1.54, 1.807) is 0 Å². The highest BCUT2D eigenvalue weighted by molar-refractivity contribution is 4.92. The van der Waals surface area contributed by atoms with E-state index in [1.807, 2.05) is 0 Å². The minimum absolute atomic E-state index is 0.0738. The smallest absolute Gasteiger partial charge is 0.0695 e. The Morgan fingerprint density at radius 2 is 2.12 bits per heavy atom. The van der Waals surface area contributed by atoms with Gasteiger partial charge in [-0.2, -0.15) is 0 Å². The summed E-state index contributed by atoms with van der Waals surface area (Å²) >= 11 is 0. The molecule has 0 amide bonds. The van der Waals surface area contributed by atoms with Gasteiger partial charge in [0.15, 0.2) is 0 Å². The third-order valence-corrected chi connectivity index (χ3v) is 4.49. The molecule has 0 aromatic heterocycles. The molecule has 2 rings (SSSR count). The lowest BCUT2D eigenvalue weighted by molar-refractivity contribution is 0.0281. The number of aliphatic hydroxyl groups is 1. The zero-order valence-electron chi connectivity index (χ0n) is 10.6. The minimum atomic E-state index is -0.0738. The van der Waals surface area contributed by atoms with Crippen LogP contribution in [-0.2, 0) is 0 Å². The molecule has 0 bridgehead atoms. The lowest BCUT2D eigenvalue weighted by Gasteiger charge is -2.42. The van der Waals surface area contributed by atoms with Gasteiger partial charge in [-0.05, 0) is 44.1 Å². The van der Waals surface area contributed by atoms with Crippen molar-refractivity contribution in [1.29, 1.82) is 0 Å². The predicted molar refractivity (Wildman–Crippen MR) is 67.4 cm³/mol. The average molecular weight is 225 g/mol. The second kappa shape index (κ2) is 6.02. The molecular weight excluding hydrogens is 198 g/mol. The van der Waals surface area contributed by atoms with E-state index in [0.717, 1.165) is 24.8 Å². The maximum absolute atomic E-state index is 9.94. The monoisotopic (exact) mass is 225 g/mol. The summed E-state index contributed by atoms with van der Waals surface area (Å²) in [6, 6.07) is 0.413. The number of rotatable bonds is 4. The van der Waals surface area contributed by atoms with E-state index >= 15 is 0 Å². The van der Waals surface area contributed by atoms with Crippen LogP contribution in [0.1, 0.15) is 58.3 Å². The molecule has 1 saturated carbocycles. The predicted octanol–water partition coefficient (Wildman–Crippen LogP) is 2.71. The average Bonchev–Trinajstić information content (AvgIpc) is 2.30. The van der Waals surface area contributed by atoms with E-state index in [4.69, 9.17) is 0 Å². The normalized spacial score (nSPS) is 39.4. The Morgan fingerprint density at radius 3 is 2.94 bits per heavy atom. The summed E-state index contributed by atoms with van der Waals surface area (Å²) in [6.07, 6.45) is 10.3. The molecule has 94 valence electrons. The first kappa shape index (κ1) is 12.4. The van der Waals surface area contributed by atoms with E-state index in [0.29, 0.717) is 6.04 Å². The van der Waals surface area contributed by atoms with Crippen molar-refractivity contribution in [1.82, 2.24) is 5.32 Å². The Kier molecular flexibility index (Phi) is 4.66. The van der Waals surface area contributed by atoms with E-state index < -0.39 is 0 Å². The topological polar surface area (TPSA) is 32.3 Å². The zero-order valence-corrected chi connectivity index (χ0v) is 10.6. The molecule has 2 aliphatic rings. The Bertz CT molecular complexity index is 207. The Balaban J connectivity index is 1.76. The van der Waals surface area contributed by atoms with Crippen molar-refractivity contribution in [2.75, 3.05) is 6.54 Å². The number of piperidine rings is 1. The highest BCUT2D eigenvalue weighted by atomic mass is 16.3. The number of fused-ring (bicyclic) bond motifs is 1. The van der Waals surface area contributed by atoms with Crippen LogP contribution in [0.15, 0.2) is 0 Å². The molecular formula is C14H27NO. The van der Waals surface area contributed by atoms with Crippen molar-refractivity contribution in [3.8, 4) is 0 Å². The van der Waals surface area contributed by atoms with Crippen LogP contribution in [0.3, 0.4) is 0 Å². The number of hydrogen-bond acceptors (Lipinski definition) is 2. The summed E-state index contributed by atoms with van der Waals surface area (Å²) in [5.74, 6) is 1.63. The van der Waals surface area contributed by atoms with Crippen molar-refractivity contribution in [2.24, 2.45) is 11.8 Å². The fraction of sp³-hybridized carbons (Fsp3) is 1.00. The maximum Gasteiger partial charge on any atom is 0.0695 e. The molecule has 0 radical (unpaired) electrons. The summed E-state index contributed by atoms with van der Waals surface area (Å²) < 4.78 is 0. The molecule has 1 saturated heterocycles. The number of aliphatic hydroxyl groups excluding tert-OH is 1. The largest absolute Gasteiger partial charge is 0.391 e.